The minimum Gasteiger partial charge on any atom is -0.493 e. The van der Waals surface area contributed by atoms with Crippen molar-refractivity contribution in [2.75, 3.05) is 27.3 Å². The molecule has 1 amide bonds. The molecule has 222 valence electrons. The first-order valence-electron chi connectivity index (χ1n) is 15.0. The molecule has 40 heavy (non-hydrogen) atoms. The van der Waals surface area contributed by atoms with E-state index in [0.29, 0.717) is 36.4 Å². The van der Waals surface area contributed by atoms with Crippen LogP contribution in [0.3, 0.4) is 0 Å². The van der Waals surface area contributed by atoms with Gasteiger partial charge in [-0.15, -0.1) is 0 Å². The van der Waals surface area contributed by atoms with Gasteiger partial charge in [0.15, 0.2) is 16.6 Å². The lowest BCUT2D eigenvalue weighted by atomic mass is 9.88. The molecule has 1 saturated carbocycles. The van der Waals surface area contributed by atoms with Crippen LogP contribution in [0.1, 0.15) is 95.5 Å². The van der Waals surface area contributed by atoms with Crippen molar-refractivity contribution in [3.8, 4) is 11.5 Å². The van der Waals surface area contributed by atoms with E-state index in [1.165, 1.54) is 70.6 Å². The number of rotatable bonds is 5. The lowest BCUT2D eigenvalue weighted by Gasteiger charge is -2.39. The van der Waals surface area contributed by atoms with Crippen molar-refractivity contribution < 1.29 is 23.8 Å². The molecule has 2 heterocycles. The Labute approximate surface area is 244 Å². The molecule has 2 aliphatic heterocycles. The Kier molecular flexibility index (Phi) is 11.6. The molecule has 0 bridgehead atoms. The van der Waals surface area contributed by atoms with Crippen LogP contribution in [0, 0.1) is 0 Å². The highest BCUT2D eigenvalue weighted by Gasteiger charge is 2.44. The summed E-state index contributed by atoms with van der Waals surface area (Å²) in [5, 5.41) is 11.4. The summed E-state index contributed by atoms with van der Waals surface area (Å²) >= 11 is 5.84. The van der Waals surface area contributed by atoms with E-state index in [1.54, 1.807) is 20.3 Å². The van der Waals surface area contributed by atoms with Gasteiger partial charge in [0, 0.05) is 38.5 Å². The van der Waals surface area contributed by atoms with Crippen LogP contribution in [0.2, 0.25) is 0 Å². The van der Waals surface area contributed by atoms with Crippen molar-refractivity contribution in [3.63, 3.8) is 0 Å². The van der Waals surface area contributed by atoms with Crippen molar-refractivity contribution in [1.29, 1.82) is 0 Å². The number of methoxy groups -OCH3 is 2. The zero-order valence-electron chi connectivity index (χ0n) is 24.2. The second-order valence-electron chi connectivity index (χ2n) is 11.3. The molecule has 1 aromatic carbocycles. The number of ether oxygens (including phenoxy) is 3. The monoisotopic (exact) mass is 574 g/mol. The van der Waals surface area contributed by atoms with Gasteiger partial charge in [-0.25, -0.2) is 4.79 Å². The van der Waals surface area contributed by atoms with Gasteiger partial charge >= 0.3 is 6.09 Å². The Balaban J connectivity index is 1.18. The number of nitrogens with zero attached hydrogens (tertiary/aromatic N) is 2. The highest BCUT2D eigenvalue weighted by molar-refractivity contribution is 7.80. The first-order chi connectivity index (χ1) is 19.5. The first kappa shape index (κ1) is 30.2. The molecule has 1 spiro atoms. The lowest BCUT2D eigenvalue weighted by molar-refractivity contribution is -0.0525. The van der Waals surface area contributed by atoms with Gasteiger partial charge in [-0.3, -0.25) is 0 Å². The van der Waals surface area contributed by atoms with E-state index in [-0.39, 0.29) is 0 Å². The second-order valence-corrected chi connectivity index (χ2v) is 11.6. The summed E-state index contributed by atoms with van der Waals surface area (Å²) in [4.78, 5) is 20.5. The smallest absolute Gasteiger partial charge is 0.414 e. The van der Waals surface area contributed by atoms with E-state index in [2.05, 4.69) is 20.7 Å². The third-order valence-corrected chi connectivity index (χ3v) is 8.68. The summed E-state index contributed by atoms with van der Waals surface area (Å²) < 4.78 is 16.0. The summed E-state index contributed by atoms with van der Waals surface area (Å²) in [5.74, 6) is 1.55. The molecule has 0 radical (unpaired) electrons. The van der Waals surface area contributed by atoms with Gasteiger partial charge in [-0.05, 0) is 42.8 Å². The number of piperidine rings is 1. The van der Waals surface area contributed by atoms with Gasteiger partial charge in [-0.1, -0.05) is 69.0 Å². The number of hydrogen-bond donors (Lipinski definition) is 2. The minimum atomic E-state index is -0.561. The van der Waals surface area contributed by atoms with Gasteiger partial charge in [0.05, 0.1) is 20.6 Å². The topological polar surface area (TPSA) is 93.7 Å². The van der Waals surface area contributed by atoms with Crippen molar-refractivity contribution in [2.24, 2.45) is 5.16 Å². The number of benzene rings is 1. The van der Waals surface area contributed by atoms with Gasteiger partial charge in [0.1, 0.15) is 5.60 Å². The van der Waals surface area contributed by atoms with Gasteiger partial charge in [0.25, 0.3) is 0 Å². The molecule has 4 rings (SSSR count). The van der Waals surface area contributed by atoms with E-state index in [9.17, 15) is 4.79 Å². The summed E-state index contributed by atoms with van der Waals surface area (Å²) in [6, 6.07) is 5.95. The maximum atomic E-state index is 12.4. The van der Waals surface area contributed by atoms with Crippen LogP contribution in [0.4, 0.5) is 4.79 Å². The summed E-state index contributed by atoms with van der Waals surface area (Å²) in [5.41, 5.74) is 0.433. The Bertz CT molecular complexity index is 1000. The summed E-state index contributed by atoms with van der Waals surface area (Å²) in [6.45, 7) is 1.89. The molecule has 2 fully saturated rings. The SMILES string of the molecule is COc1ccc(CNC(=O)OC2=NOC3(CCN(C(=S)NC4CCCCCCCCCCC4)CC3)C2)cc1OC. The Morgan fingerprint density at radius 3 is 2.25 bits per heavy atom. The average molecular weight is 575 g/mol. The third-order valence-electron chi connectivity index (χ3n) is 8.30. The van der Waals surface area contributed by atoms with Crippen LogP contribution < -0.4 is 20.1 Å². The predicted molar refractivity (Wildman–Crippen MR) is 160 cm³/mol. The quantitative estimate of drug-likeness (QED) is 0.411. The summed E-state index contributed by atoms with van der Waals surface area (Å²) in [7, 11) is 3.16. The number of amides is 1. The molecule has 3 aliphatic rings. The van der Waals surface area contributed by atoms with Crippen LogP contribution in [-0.2, 0) is 16.1 Å². The Morgan fingerprint density at radius 2 is 1.62 bits per heavy atom. The number of carbonyl (C=O) groups excluding carboxylic acids is 1. The van der Waals surface area contributed by atoms with E-state index < -0.39 is 11.7 Å². The largest absolute Gasteiger partial charge is 0.493 e. The molecule has 0 aromatic heterocycles. The molecule has 0 unspecified atom stereocenters. The van der Waals surface area contributed by atoms with Crippen molar-refractivity contribution >= 4 is 29.3 Å². The fraction of sp³-hybridized carbons (Fsp3) is 0.700. The highest BCUT2D eigenvalue weighted by Crippen LogP contribution is 2.35. The number of oxime groups is 1. The first-order valence-corrected chi connectivity index (χ1v) is 15.4. The maximum Gasteiger partial charge on any atom is 0.414 e. The standard InChI is InChI=1S/C30H46N4O5S/c1-36-25-15-14-23(20-26(25)37-2)22-31-29(35)38-27-21-30(39-33-27)16-18-34(19-17-30)28(40)32-24-12-10-8-6-4-3-5-7-9-11-13-24/h14-15,20,24H,3-13,16-19,21-22H2,1-2H3,(H,31,35)(H,32,40). The molecular weight excluding hydrogens is 528 g/mol. The molecule has 1 aromatic rings. The summed E-state index contributed by atoms with van der Waals surface area (Å²) in [6.07, 6.45) is 16.0. The van der Waals surface area contributed by atoms with Crippen LogP contribution in [-0.4, -0.2) is 61.0 Å². The molecule has 1 saturated heterocycles. The lowest BCUT2D eigenvalue weighted by Crippen LogP contribution is -2.51. The fourth-order valence-corrected chi connectivity index (χ4v) is 6.16. The van der Waals surface area contributed by atoms with E-state index in [0.717, 1.165) is 36.6 Å². The van der Waals surface area contributed by atoms with Crippen LogP contribution >= 0.6 is 12.2 Å². The third kappa shape index (κ3) is 8.88. The number of likely N-dealkylation sites (tertiary alicyclic amines) is 1. The molecule has 9 nitrogen and oxygen atoms in total. The Hall–Kier alpha value is -2.75. The molecule has 0 atom stereocenters. The highest BCUT2D eigenvalue weighted by atomic mass is 32.1. The van der Waals surface area contributed by atoms with E-state index in [1.807, 2.05) is 12.1 Å². The Morgan fingerprint density at radius 1 is 1.00 bits per heavy atom. The zero-order valence-corrected chi connectivity index (χ0v) is 25.0. The second kappa shape index (κ2) is 15.3. The molecule has 10 heteroatoms. The van der Waals surface area contributed by atoms with Gasteiger partial charge in [0.2, 0.25) is 5.90 Å². The minimum absolute atomic E-state index is 0.291. The molecule has 1 aliphatic carbocycles. The van der Waals surface area contributed by atoms with Crippen LogP contribution in [0.25, 0.3) is 0 Å². The van der Waals surface area contributed by atoms with Crippen molar-refractivity contribution in [2.45, 2.75) is 108 Å². The van der Waals surface area contributed by atoms with Crippen LogP contribution in [0.5, 0.6) is 11.5 Å². The zero-order chi connectivity index (χ0) is 28.2. The fourth-order valence-electron chi connectivity index (χ4n) is 5.81. The number of thiocarbonyl (C=S) groups is 1. The average Bonchev–Trinajstić information content (AvgIpc) is 3.34. The molecule has 2 N–H and O–H groups in total. The van der Waals surface area contributed by atoms with E-state index >= 15 is 0 Å². The van der Waals surface area contributed by atoms with E-state index in [4.69, 9.17) is 31.3 Å². The van der Waals surface area contributed by atoms with Crippen molar-refractivity contribution in [3.05, 3.63) is 23.8 Å². The maximum absolute atomic E-state index is 12.4. The molecular formula is C30H46N4O5S. The van der Waals surface area contributed by atoms with Gasteiger partial charge < -0.3 is 34.6 Å². The number of alkyl carbamates (subject to hydrolysis) is 1. The van der Waals surface area contributed by atoms with Crippen LogP contribution in [0.15, 0.2) is 23.4 Å². The predicted octanol–water partition coefficient (Wildman–Crippen LogP) is 6.05. The normalized spacial score (nSPS) is 20.4. The number of carbonyl (C=O) groups is 1. The number of hydrogen-bond acceptors (Lipinski definition) is 7. The van der Waals surface area contributed by atoms with Crippen molar-refractivity contribution in [1.82, 2.24) is 15.5 Å². The van der Waals surface area contributed by atoms with Gasteiger partial charge in [-0.2, -0.15) is 0 Å². The number of nitrogens with one attached hydrogen (secondary N) is 2.